The Balaban J connectivity index is 0.00000225. The van der Waals surface area contributed by atoms with Crippen LogP contribution in [0, 0.1) is 11.8 Å². The van der Waals surface area contributed by atoms with E-state index in [0.29, 0.717) is 19.1 Å². The zero-order valence-electron chi connectivity index (χ0n) is 9.91. The highest BCUT2D eigenvalue weighted by atomic mass is 35.5. The highest BCUT2D eigenvalue weighted by Gasteiger charge is 2.25. The minimum atomic E-state index is 0. The Morgan fingerprint density at radius 2 is 2.00 bits per heavy atom. The molecule has 1 fully saturated rings. The Hall–Kier alpha value is -0.320. The van der Waals surface area contributed by atoms with Gasteiger partial charge in [0.15, 0.2) is 0 Å². The number of methoxy groups -OCH3 is 1. The van der Waals surface area contributed by atoms with Crippen LogP contribution >= 0.6 is 12.4 Å². The number of nitrogens with two attached hydrogens (primary N) is 1. The molecule has 4 nitrogen and oxygen atoms in total. The molecule has 1 aliphatic rings. The molecule has 0 aromatic rings. The highest BCUT2D eigenvalue weighted by molar-refractivity contribution is 5.85. The molecule has 5 heteroatoms. The minimum Gasteiger partial charge on any atom is -0.383 e. The number of amides is 1. The molecule has 0 aliphatic heterocycles. The van der Waals surface area contributed by atoms with Crippen LogP contribution in [0.1, 0.15) is 25.7 Å². The standard InChI is InChI=1S/C11H22N2O2.ClH/c1-15-7-6-13-11(14)10-4-2-9(8-12)3-5-10;/h9-10H,2-8,12H2,1H3,(H,13,14);1H. The molecule has 1 saturated carbocycles. The number of hydrogen-bond acceptors (Lipinski definition) is 3. The quantitative estimate of drug-likeness (QED) is 0.714. The van der Waals surface area contributed by atoms with Gasteiger partial charge in [-0.05, 0) is 38.1 Å². The zero-order valence-corrected chi connectivity index (χ0v) is 10.7. The number of hydrogen-bond donors (Lipinski definition) is 2. The van der Waals surface area contributed by atoms with Gasteiger partial charge in [-0.25, -0.2) is 0 Å². The normalized spacial score (nSPS) is 24.6. The van der Waals surface area contributed by atoms with Crippen LogP contribution in [0.3, 0.4) is 0 Å². The summed E-state index contributed by atoms with van der Waals surface area (Å²) in [5.74, 6) is 1.01. The maximum absolute atomic E-state index is 11.7. The molecule has 0 heterocycles. The van der Waals surface area contributed by atoms with Crippen molar-refractivity contribution in [3.05, 3.63) is 0 Å². The van der Waals surface area contributed by atoms with Crippen molar-refractivity contribution >= 4 is 18.3 Å². The fourth-order valence-corrected chi connectivity index (χ4v) is 2.08. The molecule has 1 amide bonds. The summed E-state index contributed by atoms with van der Waals surface area (Å²) < 4.78 is 4.88. The lowest BCUT2D eigenvalue weighted by atomic mass is 9.81. The van der Waals surface area contributed by atoms with Crippen LogP contribution in [-0.4, -0.2) is 32.7 Å². The van der Waals surface area contributed by atoms with E-state index in [-0.39, 0.29) is 24.2 Å². The average Bonchev–Trinajstić information content (AvgIpc) is 2.29. The Bertz CT molecular complexity index is 194. The van der Waals surface area contributed by atoms with Gasteiger partial charge in [-0.1, -0.05) is 0 Å². The summed E-state index contributed by atoms with van der Waals surface area (Å²) in [5.41, 5.74) is 5.61. The van der Waals surface area contributed by atoms with Crippen molar-refractivity contribution in [2.45, 2.75) is 25.7 Å². The van der Waals surface area contributed by atoms with E-state index in [1.165, 1.54) is 0 Å². The minimum absolute atomic E-state index is 0. The van der Waals surface area contributed by atoms with Gasteiger partial charge in [0.1, 0.15) is 0 Å². The summed E-state index contributed by atoms with van der Waals surface area (Å²) in [7, 11) is 1.64. The lowest BCUT2D eigenvalue weighted by Gasteiger charge is -2.26. The molecule has 16 heavy (non-hydrogen) atoms. The topological polar surface area (TPSA) is 64.3 Å². The molecule has 1 rings (SSSR count). The Labute approximate surface area is 104 Å². The van der Waals surface area contributed by atoms with E-state index in [1.807, 2.05) is 0 Å². The van der Waals surface area contributed by atoms with E-state index < -0.39 is 0 Å². The smallest absolute Gasteiger partial charge is 0.223 e. The summed E-state index contributed by atoms with van der Waals surface area (Å²) >= 11 is 0. The van der Waals surface area contributed by atoms with Crippen molar-refractivity contribution in [2.24, 2.45) is 17.6 Å². The molecule has 96 valence electrons. The van der Waals surface area contributed by atoms with Gasteiger partial charge in [-0.15, -0.1) is 12.4 Å². The van der Waals surface area contributed by atoms with Crippen LogP contribution < -0.4 is 11.1 Å². The number of carbonyl (C=O) groups is 1. The average molecular weight is 251 g/mol. The second-order valence-electron chi connectivity index (χ2n) is 4.24. The van der Waals surface area contributed by atoms with Crippen LogP contribution in [0.5, 0.6) is 0 Å². The van der Waals surface area contributed by atoms with Crippen molar-refractivity contribution < 1.29 is 9.53 Å². The SMILES string of the molecule is COCCNC(=O)C1CCC(CN)CC1.Cl. The van der Waals surface area contributed by atoms with Gasteiger partial charge in [-0.2, -0.15) is 0 Å². The maximum Gasteiger partial charge on any atom is 0.223 e. The third-order valence-electron chi connectivity index (χ3n) is 3.16. The third-order valence-corrected chi connectivity index (χ3v) is 3.16. The number of carbonyl (C=O) groups excluding carboxylic acids is 1. The van der Waals surface area contributed by atoms with Gasteiger partial charge >= 0.3 is 0 Å². The van der Waals surface area contributed by atoms with Crippen LogP contribution in [0.2, 0.25) is 0 Å². The second kappa shape index (κ2) is 8.79. The predicted molar refractivity (Wildman–Crippen MR) is 66.6 cm³/mol. The molecule has 0 spiro atoms. The number of halogens is 1. The van der Waals surface area contributed by atoms with Crippen molar-refractivity contribution in [1.29, 1.82) is 0 Å². The lowest BCUT2D eigenvalue weighted by molar-refractivity contribution is -0.126. The van der Waals surface area contributed by atoms with Gasteiger partial charge in [-0.3, -0.25) is 4.79 Å². The number of nitrogens with one attached hydrogen (secondary N) is 1. The van der Waals surface area contributed by atoms with E-state index in [0.717, 1.165) is 32.2 Å². The second-order valence-corrected chi connectivity index (χ2v) is 4.24. The summed E-state index contributed by atoms with van der Waals surface area (Å²) in [6, 6.07) is 0. The first-order valence-corrected chi connectivity index (χ1v) is 5.74. The fraction of sp³-hybridized carbons (Fsp3) is 0.909. The summed E-state index contributed by atoms with van der Waals surface area (Å²) in [6.07, 6.45) is 4.17. The van der Waals surface area contributed by atoms with Crippen molar-refractivity contribution in [3.8, 4) is 0 Å². The molecule has 0 unspecified atom stereocenters. The number of ether oxygens (including phenoxy) is 1. The molecular weight excluding hydrogens is 228 g/mol. The van der Waals surface area contributed by atoms with E-state index >= 15 is 0 Å². The van der Waals surface area contributed by atoms with E-state index in [2.05, 4.69) is 5.32 Å². The fourth-order valence-electron chi connectivity index (χ4n) is 2.08. The molecule has 0 aromatic carbocycles. The molecule has 3 N–H and O–H groups in total. The summed E-state index contributed by atoms with van der Waals surface area (Å²) in [5, 5.41) is 2.89. The lowest BCUT2D eigenvalue weighted by Crippen LogP contribution is -2.35. The monoisotopic (exact) mass is 250 g/mol. The maximum atomic E-state index is 11.7. The van der Waals surface area contributed by atoms with Gasteiger partial charge in [0.2, 0.25) is 5.91 Å². The Morgan fingerprint density at radius 1 is 1.38 bits per heavy atom. The van der Waals surface area contributed by atoms with Crippen molar-refractivity contribution in [1.82, 2.24) is 5.32 Å². The first-order valence-electron chi connectivity index (χ1n) is 5.74. The van der Waals surface area contributed by atoms with Crippen LogP contribution in [0.4, 0.5) is 0 Å². The van der Waals surface area contributed by atoms with Crippen LogP contribution in [-0.2, 0) is 9.53 Å². The van der Waals surface area contributed by atoms with E-state index in [1.54, 1.807) is 7.11 Å². The number of rotatable bonds is 5. The molecule has 1 aliphatic carbocycles. The first-order chi connectivity index (χ1) is 7.27. The Kier molecular flexibility index (Phi) is 8.61. The largest absolute Gasteiger partial charge is 0.383 e. The van der Waals surface area contributed by atoms with Crippen molar-refractivity contribution in [3.63, 3.8) is 0 Å². The van der Waals surface area contributed by atoms with Crippen molar-refractivity contribution in [2.75, 3.05) is 26.8 Å². The van der Waals surface area contributed by atoms with Gasteiger partial charge in [0, 0.05) is 19.6 Å². The zero-order chi connectivity index (χ0) is 11.1. The first kappa shape index (κ1) is 15.7. The van der Waals surface area contributed by atoms with Gasteiger partial charge in [0.05, 0.1) is 6.61 Å². The van der Waals surface area contributed by atoms with Gasteiger partial charge < -0.3 is 15.8 Å². The highest BCUT2D eigenvalue weighted by Crippen LogP contribution is 2.27. The predicted octanol–water partition coefficient (Wildman–Crippen LogP) is 0.936. The molecule has 0 atom stereocenters. The molecular formula is C11H23ClN2O2. The molecule has 0 aromatic heterocycles. The molecule has 0 saturated heterocycles. The third kappa shape index (κ3) is 5.14. The van der Waals surface area contributed by atoms with E-state index in [4.69, 9.17) is 10.5 Å². The Morgan fingerprint density at radius 3 is 2.50 bits per heavy atom. The van der Waals surface area contributed by atoms with Crippen LogP contribution in [0.15, 0.2) is 0 Å². The molecule has 0 bridgehead atoms. The van der Waals surface area contributed by atoms with Gasteiger partial charge in [0.25, 0.3) is 0 Å². The summed E-state index contributed by atoms with van der Waals surface area (Å²) in [6.45, 7) is 1.97. The molecule has 0 radical (unpaired) electrons. The summed E-state index contributed by atoms with van der Waals surface area (Å²) in [4.78, 5) is 11.7. The van der Waals surface area contributed by atoms with Crippen LogP contribution in [0.25, 0.3) is 0 Å². The van der Waals surface area contributed by atoms with E-state index in [9.17, 15) is 4.79 Å².